The fourth-order valence-electron chi connectivity index (χ4n) is 2.15. The van der Waals surface area contributed by atoms with E-state index in [0.29, 0.717) is 25.3 Å². The van der Waals surface area contributed by atoms with Crippen LogP contribution in [0.2, 0.25) is 0 Å². The van der Waals surface area contributed by atoms with Gasteiger partial charge < -0.3 is 10.1 Å². The summed E-state index contributed by atoms with van der Waals surface area (Å²) in [7, 11) is -1.16. The normalized spacial score (nSPS) is 21.4. The highest BCUT2D eigenvalue weighted by Crippen LogP contribution is 2.11. The minimum atomic E-state index is -2.80. The molecule has 6 heteroatoms. The molecular weight excluding hydrogens is 276 g/mol. The molecule has 1 aliphatic heterocycles. The SMILES string of the molecule is COc1ccc(C=NCCNC2CCS(=O)(=O)C2)cc1. The highest BCUT2D eigenvalue weighted by molar-refractivity contribution is 7.91. The fraction of sp³-hybridized carbons (Fsp3) is 0.500. The lowest BCUT2D eigenvalue weighted by Gasteiger charge is -2.08. The summed E-state index contributed by atoms with van der Waals surface area (Å²) in [5.74, 6) is 1.39. The topological polar surface area (TPSA) is 67.8 Å². The van der Waals surface area contributed by atoms with Gasteiger partial charge in [-0.3, -0.25) is 4.99 Å². The van der Waals surface area contributed by atoms with E-state index in [1.54, 1.807) is 7.11 Å². The molecular formula is C14H20N2O3S. The molecule has 0 spiro atoms. The van der Waals surface area contributed by atoms with Crippen molar-refractivity contribution in [1.29, 1.82) is 0 Å². The predicted octanol–water partition coefficient (Wildman–Crippen LogP) is 0.891. The summed E-state index contributed by atoms with van der Waals surface area (Å²) >= 11 is 0. The average molecular weight is 296 g/mol. The lowest BCUT2D eigenvalue weighted by atomic mass is 10.2. The van der Waals surface area contributed by atoms with Crippen LogP contribution in [-0.2, 0) is 9.84 Å². The van der Waals surface area contributed by atoms with Crippen LogP contribution in [0.1, 0.15) is 12.0 Å². The molecule has 20 heavy (non-hydrogen) atoms. The molecule has 1 atom stereocenters. The van der Waals surface area contributed by atoms with Crippen LogP contribution in [0.15, 0.2) is 29.3 Å². The van der Waals surface area contributed by atoms with Crippen LogP contribution in [0.5, 0.6) is 5.75 Å². The summed E-state index contributed by atoms with van der Waals surface area (Å²) in [5, 5.41) is 3.23. The Labute approximate surface area is 120 Å². The van der Waals surface area contributed by atoms with Gasteiger partial charge in [-0.2, -0.15) is 0 Å². The van der Waals surface area contributed by atoms with Gasteiger partial charge in [-0.15, -0.1) is 0 Å². The van der Waals surface area contributed by atoms with Gasteiger partial charge in [-0.25, -0.2) is 8.42 Å². The Hall–Kier alpha value is -1.40. The molecule has 0 bridgehead atoms. The summed E-state index contributed by atoms with van der Waals surface area (Å²) < 4.78 is 27.7. The number of hydrogen-bond donors (Lipinski definition) is 1. The van der Waals surface area contributed by atoms with Crippen molar-refractivity contribution < 1.29 is 13.2 Å². The molecule has 1 unspecified atom stereocenters. The van der Waals surface area contributed by atoms with E-state index >= 15 is 0 Å². The maximum absolute atomic E-state index is 11.3. The summed E-state index contributed by atoms with van der Waals surface area (Å²) in [4.78, 5) is 4.32. The number of nitrogens with zero attached hydrogens (tertiary/aromatic N) is 1. The van der Waals surface area contributed by atoms with E-state index in [1.807, 2.05) is 30.5 Å². The first kappa shape index (κ1) is 15.0. The zero-order valence-electron chi connectivity index (χ0n) is 11.6. The van der Waals surface area contributed by atoms with Crippen LogP contribution in [0.25, 0.3) is 0 Å². The fourth-order valence-corrected chi connectivity index (χ4v) is 3.86. The van der Waals surface area contributed by atoms with E-state index in [-0.39, 0.29) is 11.8 Å². The zero-order chi connectivity index (χ0) is 14.4. The zero-order valence-corrected chi connectivity index (χ0v) is 12.4. The monoisotopic (exact) mass is 296 g/mol. The maximum atomic E-state index is 11.3. The Morgan fingerprint density at radius 2 is 2.15 bits per heavy atom. The van der Waals surface area contributed by atoms with Crippen LogP contribution >= 0.6 is 0 Å². The molecule has 1 saturated heterocycles. The summed E-state index contributed by atoms with van der Waals surface area (Å²) in [6.45, 7) is 1.34. The van der Waals surface area contributed by atoms with Crippen molar-refractivity contribution >= 4 is 16.1 Å². The smallest absolute Gasteiger partial charge is 0.151 e. The quantitative estimate of drug-likeness (QED) is 0.625. The molecule has 0 amide bonds. The number of sulfone groups is 1. The van der Waals surface area contributed by atoms with Crippen molar-refractivity contribution in [2.75, 3.05) is 31.7 Å². The van der Waals surface area contributed by atoms with E-state index in [1.165, 1.54) is 0 Å². The number of nitrogens with one attached hydrogen (secondary N) is 1. The average Bonchev–Trinajstić information content (AvgIpc) is 2.78. The van der Waals surface area contributed by atoms with Crippen molar-refractivity contribution in [3.63, 3.8) is 0 Å². The maximum Gasteiger partial charge on any atom is 0.151 e. The summed E-state index contributed by atoms with van der Waals surface area (Å²) in [5.41, 5.74) is 1.02. The first-order chi connectivity index (χ1) is 9.59. The van der Waals surface area contributed by atoms with Crippen molar-refractivity contribution in [1.82, 2.24) is 5.32 Å². The van der Waals surface area contributed by atoms with Gasteiger partial charge in [0.1, 0.15) is 5.75 Å². The summed E-state index contributed by atoms with van der Waals surface area (Å²) in [6.07, 6.45) is 2.52. The third-order valence-electron chi connectivity index (χ3n) is 3.26. The van der Waals surface area contributed by atoms with Crippen LogP contribution in [0.4, 0.5) is 0 Å². The highest BCUT2D eigenvalue weighted by Gasteiger charge is 2.26. The molecule has 1 aromatic carbocycles. The molecule has 1 aliphatic rings. The van der Waals surface area contributed by atoms with E-state index in [0.717, 1.165) is 11.3 Å². The molecule has 110 valence electrons. The number of rotatable bonds is 6. The van der Waals surface area contributed by atoms with Gasteiger partial charge >= 0.3 is 0 Å². The van der Waals surface area contributed by atoms with Crippen molar-refractivity contribution in [2.24, 2.45) is 4.99 Å². The van der Waals surface area contributed by atoms with Crippen LogP contribution in [0.3, 0.4) is 0 Å². The van der Waals surface area contributed by atoms with Gasteiger partial charge in [-0.05, 0) is 36.2 Å². The lowest BCUT2D eigenvalue weighted by molar-refractivity contribution is 0.415. The third kappa shape index (κ3) is 4.61. The van der Waals surface area contributed by atoms with Crippen LogP contribution < -0.4 is 10.1 Å². The van der Waals surface area contributed by atoms with Gasteiger partial charge in [0.15, 0.2) is 9.84 Å². The molecule has 1 aromatic rings. The first-order valence-corrected chi connectivity index (χ1v) is 8.49. The van der Waals surface area contributed by atoms with E-state index in [2.05, 4.69) is 10.3 Å². The van der Waals surface area contributed by atoms with Gasteiger partial charge in [0.2, 0.25) is 0 Å². The number of methoxy groups -OCH3 is 1. The van der Waals surface area contributed by atoms with Crippen molar-refractivity contribution in [2.45, 2.75) is 12.5 Å². The summed E-state index contributed by atoms with van der Waals surface area (Å²) in [6, 6.07) is 7.76. The molecule has 0 radical (unpaired) electrons. The molecule has 1 fully saturated rings. The Bertz CT molecular complexity index is 552. The van der Waals surface area contributed by atoms with Gasteiger partial charge in [0.25, 0.3) is 0 Å². The Kier molecular flexibility index (Phi) is 5.14. The number of aliphatic imine (C=N–C) groups is 1. The second kappa shape index (κ2) is 6.85. The molecule has 1 N–H and O–H groups in total. The second-order valence-electron chi connectivity index (χ2n) is 4.86. The Morgan fingerprint density at radius 1 is 1.40 bits per heavy atom. The van der Waals surface area contributed by atoms with Gasteiger partial charge in [0, 0.05) is 18.8 Å². The van der Waals surface area contributed by atoms with E-state index < -0.39 is 9.84 Å². The standard InChI is InChI=1S/C14H20N2O3S/c1-19-14-4-2-12(3-5-14)10-15-7-8-16-13-6-9-20(17,18)11-13/h2-5,10,13,16H,6-9,11H2,1H3. The molecule has 5 nitrogen and oxygen atoms in total. The Balaban J connectivity index is 1.69. The van der Waals surface area contributed by atoms with Crippen LogP contribution in [0, 0.1) is 0 Å². The van der Waals surface area contributed by atoms with Crippen molar-refractivity contribution in [3.8, 4) is 5.75 Å². The molecule has 1 heterocycles. The number of hydrogen-bond acceptors (Lipinski definition) is 5. The number of benzene rings is 1. The number of ether oxygens (including phenoxy) is 1. The lowest BCUT2D eigenvalue weighted by Crippen LogP contribution is -2.32. The van der Waals surface area contributed by atoms with Crippen molar-refractivity contribution in [3.05, 3.63) is 29.8 Å². The van der Waals surface area contributed by atoms with Gasteiger partial charge in [-0.1, -0.05) is 0 Å². The van der Waals surface area contributed by atoms with E-state index in [9.17, 15) is 8.42 Å². The molecule has 0 aliphatic carbocycles. The van der Waals surface area contributed by atoms with Gasteiger partial charge in [0.05, 0.1) is 25.2 Å². The van der Waals surface area contributed by atoms with E-state index in [4.69, 9.17) is 4.74 Å². The third-order valence-corrected chi connectivity index (χ3v) is 5.03. The minimum Gasteiger partial charge on any atom is -0.497 e. The minimum absolute atomic E-state index is 0.0937. The highest BCUT2D eigenvalue weighted by atomic mass is 32.2. The first-order valence-electron chi connectivity index (χ1n) is 6.67. The largest absolute Gasteiger partial charge is 0.497 e. The molecule has 2 rings (SSSR count). The molecule has 0 saturated carbocycles. The van der Waals surface area contributed by atoms with Crippen LogP contribution in [-0.4, -0.2) is 52.4 Å². The molecule has 0 aromatic heterocycles. The second-order valence-corrected chi connectivity index (χ2v) is 7.09. The predicted molar refractivity (Wildman–Crippen MR) is 80.5 cm³/mol. The Morgan fingerprint density at radius 3 is 2.75 bits per heavy atom.